The molecule has 0 aliphatic rings. The number of rotatable bonds is 6. The summed E-state index contributed by atoms with van der Waals surface area (Å²) in [6.07, 6.45) is 5.24. The molecule has 0 spiro atoms. The van der Waals surface area contributed by atoms with Gasteiger partial charge in [0.15, 0.2) is 0 Å². The second-order valence-electron chi connectivity index (χ2n) is 6.34. The van der Waals surface area contributed by atoms with Gasteiger partial charge in [-0.3, -0.25) is 19.9 Å². The Morgan fingerprint density at radius 2 is 1.97 bits per heavy atom. The summed E-state index contributed by atoms with van der Waals surface area (Å²) in [6, 6.07) is 16.9. The molecule has 0 bridgehead atoms. The fraction of sp³-hybridized carbons (Fsp3) is 0.0909. The van der Waals surface area contributed by atoms with Crippen molar-refractivity contribution in [2.24, 2.45) is 0 Å². The number of hydrogen-bond donors (Lipinski definition) is 2. The third-order valence-corrected chi connectivity index (χ3v) is 4.44. The maximum absolute atomic E-state index is 12.5. The molecule has 2 N–H and O–H groups in total. The summed E-state index contributed by atoms with van der Waals surface area (Å²) < 4.78 is 5.35. The summed E-state index contributed by atoms with van der Waals surface area (Å²) >= 11 is 0. The number of nitrogens with one attached hydrogen (secondary N) is 2. The van der Waals surface area contributed by atoms with E-state index in [0.29, 0.717) is 23.7 Å². The third kappa shape index (κ3) is 4.14. The van der Waals surface area contributed by atoms with Gasteiger partial charge >= 0.3 is 0 Å². The van der Waals surface area contributed by atoms with Crippen LogP contribution in [-0.2, 0) is 6.54 Å². The molecule has 0 saturated heterocycles. The molecule has 7 nitrogen and oxygen atoms in total. The Kier molecular flexibility index (Phi) is 5.29. The Balaban J connectivity index is 1.41. The van der Waals surface area contributed by atoms with E-state index in [1.807, 2.05) is 48.5 Å². The van der Waals surface area contributed by atoms with E-state index in [4.69, 9.17) is 4.74 Å². The first-order chi connectivity index (χ1) is 14.2. The first-order valence-electron chi connectivity index (χ1n) is 9.07. The highest BCUT2D eigenvalue weighted by atomic mass is 16.5. The molecule has 0 aliphatic carbocycles. The Bertz CT molecular complexity index is 1110. The van der Waals surface area contributed by atoms with Gasteiger partial charge in [-0.2, -0.15) is 5.10 Å². The van der Waals surface area contributed by atoms with Crippen LogP contribution in [0, 0.1) is 0 Å². The van der Waals surface area contributed by atoms with Crippen molar-refractivity contribution in [1.29, 1.82) is 0 Å². The van der Waals surface area contributed by atoms with Gasteiger partial charge in [-0.15, -0.1) is 0 Å². The lowest BCUT2D eigenvalue weighted by Gasteiger charge is -2.05. The Morgan fingerprint density at radius 3 is 2.72 bits per heavy atom. The lowest BCUT2D eigenvalue weighted by molar-refractivity contribution is 0.0946. The molecule has 0 fully saturated rings. The molecule has 7 heteroatoms. The molecule has 4 rings (SSSR count). The lowest BCUT2D eigenvalue weighted by atomic mass is 10.1. The Hall–Kier alpha value is -4.00. The molecule has 144 valence electrons. The van der Waals surface area contributed by atoms with E-state index >= 15 is 0 Å². The number of pyridine rings is 2. The van der Waals surface area contributed by atoms with E-state index in [0.717, 1.165) is 22.4 Å². The average Bonchev–Trinajstić information content (AvgIpc) is 3.28. The number of H-pyrrole nitrogens is 1. The zero-order valence-electron chi connectivity index (χ0n) is 15.8. The van der Waals surface area contributed by atoms with Gasteiger partial charge in [-0.1, -0.05) is 18.2 Å². The lowest BCUT2D eigenvalue weighted by Crippen LogP contribution is -2.23. The molecule has 3 aromatic heterocycles. The fourth-order valence-electron chi connectivity index (χ4n) is 2.92. The molecule has 4 aromatic rings. The van der Waals surface area contributed by atoms with Gasteiger partial charge < -0.3 is 10.1 Å². The number of methoxy groups -OCH3 is 1. The van der Waals surface area contributed by atoms with Crippen LogP contribution in [-0.4, -0.2) is 33.2 Å². The van der Waals surface area contributed by atoms with Gasteiger partial charge in [-0.05, 0) is 42.0 Å². The van der Waals surface area contributed by atoms with Gasteiger partial charge in [0.1, 0.15) is 11.4 Å². The molecular formula is C22H19N5O2. The predicted octanol–water partition coefficient (Wildman–Crippen LogP) is 3.47. The number of ether oxygens (including phenoxy) is 1. The zero-order valence-corrected chi connectivity index (χ0v) is 15.8. The number of hydrogen-bond acceptors (Lipinski definition) is 5. The maximum atomic E-state index is 12.5. The third-order valence-electron chi connectivity index (χ3n) is 4.44. The van der Waals surface area contributed by atoms with Crippen LogP contribution in [0.1, 0.15) is 16.1 Å². The molecule has 1 amide bonds. The van der Waals surface area contributed by atoms with Crippen LogP contribution in [0.2, 0.25) is 0 Å². The molecule has 0 radical (unpaired) electrons. The summed E-state index contributed by atoms with van der Waals surface area (Å²) in [4.78, 5) is 21.0. The van der Waals surface area contributed by atoms with Crippen molar-refractivity contribution in [3.05, 3.63) is 84.4 Å². The van der Waals surface area contributed by atoms with Crippen molar-refractivity contribution < 1.29 is 9.53 Å². The van der Waals surface area contributed by atoms with E-state index in [1.54, 1.807) is 31.8 Å². The number of aromatic amines is 1. The highest BCUT2D eigenvalue weighted by molar-refractivity contribution is 5.93. The van der Waals surface area contributed by atoms with Gasteiger partial charge in [0, 0.05) is 36.3 Å². The smallest absolute Gasteiger partial charge is 0.269 e. The van der Waals surface area contributed by atoms with Crippen LogP contribution < -0.4 is 10.1 Å². The number of benzene rings is 1. The van der Waals surface area contributed by atoms with Crippen LogP contribution in [0.15, 0.2) is 73.2 Å². The normalized spacial score (nSPS) is 10.5. The van der Waals surface area contributed by atoms with Crippen molar-refractivity contribution in [3.63, 3.8) is 0 Å². The Morgan fingerprint density at radius 1 is 1.07 bits per heavy atom. The van der Waals surface area contributed by atoms with E-state index in [9.17, 15) is 4.79 Å². The highest BCUT2D eigenvalue weighted by Gasteiger charge is 2.13. The highest BCUT2D eigenvalue weighted by Crippen LogP contribution is 2.28. The largest absolute Gasteiger partial charge is 0.496 e. The number of aromatic nitrogens is 4. The zero-order chi connectivity index (χ0) is 20.1. The summed E-state index contributed by atoms with van der Waals surface area (Å²) in [5.41, 5.74) is 4.53. The number of carbonyl (C=O) groups is 1. The monoisotopic (exact) mass is 385 g/mol. The molecular weight excluding hydrogens is 366 g/mol. The summed E-state index contributed by atoms with van der Waals surface area (Å²) in [7, 11) is 1.60. The van der Waals surface area contributed by atoms with Crippen LogP contribution in [0.3, 0.4) is 0 Å². The number of nitrogens with zero attached hydrogens (tertiary/aromatic N) is 3. The van der Waals surface area contributed by atoms with Crippen molar-refractivity contribution in [2.75, 3.05) is 7.11 Å². The summed E-state index contributed by atoms with van der Waals surface area (Å²) in [5, 5.41) is 9.89. The van der Waals surface area contributed by atoms with Crippen LogP contribution in [0.5, 0.6) is 5.75 Å². The molecule has 0 aliphatic heterocycles. The Labute approximate surface area is 167 Å². The van der Waals surface area contributed by atoms with E-state index in [1.165, 1.54) is 0 Å². The maximum Gasteiger partial charge on any atom is 0.269 e. The molecule has 0 saturated carbocycles. The minimum absolute atomic E-state index is 0.241. The topological polar surface area (TPSA) is 92.8 Å². The fourth-order valence-corrected chi connectivity index (χ4v) is 2.92. The number of amides is 1. The van der Waals surface area contributed by atoms with E-state index in [-0.39, 0.29) is 5.91 Å². The second kappa shape index (κ2) is 8.35. The van der Waals surface area contributed by atoms with Crippen molar-refractivity contribution >= 4 is 5.91 Å². The first kappa shape index (κ1) is 18.4. The van der Waals surface area contributed by atoms with Crippen LogP contribution in [0.4, 0.5) is 0 Å². The second-order valence-corrected chi connectivity index (χ2v) is 6.34. The van der Waals surface area contributed by atoms with Gasteiger partial charge in [-0.25, -0.2) is 0 Å². The van der Waals surface area contributed by atoms with Crippen molar-refractivity contribution in [2.45, 2.75) is 6.54 Å². The average molecular weight is 385 g/mol. The van der Waals surface area contributed by atoms with Gasteiger partial charge in [0.2, 0.25) is 0 Å². The summed E-state index contributed by atoms with van der Waals surface area (Å²) in [5.74, 6) is 0.459. The van der Waals surface area contributed by atoms with Crippen LogP contribution >= 0.6 is 0 Å². The number of para-hydroxylation sites is 1. The number of carbonyl (C=O) groups excluding carboxylic acids is 1. The van der Waals surface area contributed by atoms with Gasteiger partial charge in [0.05, 0.1) is 18.5 Å². The van der Waals surface area contributed by atoms with E-state index in [2.05, 4.69) is 25.5 Å². The first-order valence-corrected chi connectivity index (χ1v) is 9.07. The molecule has 3 heterocycles. The van der Waals surface area contributed by atoms with Crippen LogP contribution in [0.25, 0.3) is 22.5 Å². The SMILES string of the molecule is COc1ccccc1-c1cc(C(=O)NCc2ccc(-c3cccnc3)nc2)[nH]n1. The van der Waals surface area contributed by atoms with Crippen molar-refractivity contribution in [1.82, 2.24) is 25.5 Å². The molecule has 1 aromatic carbocycles. The summed E-state index contributed by atoms with van der Waals surface area (Å²) in [6.45, 7) is 0.363. The molecule has 0 atom stereocenters. The molecule has 29 heavy (non-hydrogen) atoms. The standard InChI is InChI=1S/C22H19N5O2/c1-29-21-7-3-2-6-17(21)19-11-20(27-26-19)22(28)25-13-15-8-9-18(24-12-15)16-5-4-10-23-14-16/h2-12,14H,13H2,1H3,(H,25,28)(H,26,27). The quantitative estimate of drug-likeness (QED) is 0.530. The van der Waals surface area contributed by atoms with Crippen molar-refractivity contribution in [3.8, 4) is 28.3 Å². The predicted molar refractivity (Wildman–Crippen MR) is 109 cm³/mol. The van der Waals surface area contributed by atoms with Gasteiger partial charge in [0.25, 0.3) is 5.91 Å². The van der Waals surface area contributed by atoms with E-state index < -0.39 is 0 Å². The molecule has 0 unspecified atom stereocenters. The minimum atomic E-state index is -0.241. The minimum Gasteiger partial charge on any atom is -0.496 e.